The highest BCUT2D eigenvalue weighted by atomic mass is 35.5. The average Bonchev–Trinajstić information content (AvgIpc) is 2.54. The van der Waals surface area contributed by atoms with Gasteiger partial charge in [-0.1, -0.05) is 24.6 Å². The van der Waals surface area contributed by atoms with Crippen LogP contribution >= 0.6 is 11.6 Å². The molecule has 0 aliphatic carbocycles. The van der Waals surface area contributed by atoms with Crippen LogP contribution in [0.2, 0.25) is 5.02 Å². The van der Waals surface area contributed by atoms with Crippen LogP contribution in [0.3, 0.4) is 0 Å². The van der Waals surface area contributed by atoms with Crippen LogP contribution in [-0.4, -0.2) is 19.8 Å². The van der Waals surface area contributed by atoms with Crippen LogP contribution in [0.5, 0.6) is 11.5 Å². The molecule has 0 spiro atoms. The summed E-state index contributed by atoms with van der Waals surface area (Å²) < 4.78 is 11.2. The summed E-state index contributed by atoms with van der Waals surface area (Å²) in [5.41, 5.74) is 6.67. The van der Waals surface area contributed by atoms with Crippen molar-refractivity contribution in [2.24, 2.45) is 5.73 Å². The third-order valence-electron chi connectivity index (χ3n) is 2.77. The molecule has 0 bridgehead atoms. The molecular formula is C12H16ClNO2. The Morgan fingerprint density at radius 2 is 2.12 bits per heavy atom. The van der Waals surface area contributed by atoms with Crippen molar-refractivity contribution >= 4 is 11.6 Å². The summed E-state index contributed by atoms with van der Waals surface area (Å²) in [6.45, 7) is 3.94. The van der Waals surface area contributed by atoms with E-state index in [0.717, 1.165) is 17.7 Å². The molecule has 1 aromatic rings. The van der Waals surface area contributed by atoms with Gasteiger partial charge in [0.05, 0.1) is 18.2 Å². The molecule has 0 fully saturated rings. The number of hydrogen-bond acceptors (Lipinski definition) is 3. The molecule has 0 radical (unpaired) electrons. The maximum atomic E-state index is 6.31. The molecule has 1 atom stereocenters. The SMILES string of the molecule is CC(CN)c1ccc2c(c1Cl)OCCCO2. The summed E-state index contributed by atoms with van der Waals surface area (Å²) in [4.78, 5) is 0. The lowest BCUT2D eigenvalue weighted by Crippen LogP contribution is -2.09. The van der Waals surface area contributed by atoms with E-state index >= 15 is 0 Å². The molecule has 0 saturated carbocycles. The largest absolute Gasteiger partial charge is 0.490 e. The van der Waals surface area contributed by atoms with Gasteiger partial charge in [0.2, 0.25) is 0 Å². The molecule has 16 heavy (non-hydrogen) atoms. The second kappa shape index (κ2) is 4.93. The lowest BCUT2D eigenvalue weighted by atomic mass is 10.0. The molecule has 1 heterocycles. The van der Waals surface area contributed by atoms with Crippen molar-refractivity contribution in [3.63, 3.8) is 0 Å². The molecular weight excluding hydrogens is 226 g/mol. The zero-order chi connectivity index (χ0) is 11.5. The molecule has 2 N–H and O–H groups in total. The summed E-state index contributed by atoms with van der Waals surface area (Å²) in [6.07, 6.45) is 0.882. The number of rotatable bonds is 2. The molecule has 2 rings (SSSR count). The fourth-order valence-corrected chi connectivity index (χ4v) is 2.12. The van der Waals surface area contributed by atoms with Crippen LogP contribution in [0.4, 0.5) is 0 Å². The molecule has 1 aliphatic rings. The van der Waals surface area contributed by atoms with Gasteiger partial charge >= 0.3 is 0 Å². The summed E-state index contributed by atoms with van der Waals surface area (Å²) in [5, 5.41) is 0.636. The van der Waals surface area contributed by atoms with Gasteiger partial charge in [-0.15, -0.1) is 0 Å². The zero-order valence-corrected chi connectivity index (χ0v) is 10.1. The highest BCUT2D eigenvalue weighted by molar-refractivity contribution is 6.33. The number of nitrogens with two attached hydrogens (primary N) is 1. The summed E-state index contributed by atoms with van der Waals surface area (Å²) in [5.74, 6) is 1.62. The van der Waals surface area contributed by atoms with Crippen LogP contribution in [0.15, 0.2) is 12.1 Å². The van der Waals surface area contributed by atoms with Crippen molar-refractivity contribution in [2.45, 2.75) is 19.3 Å². The predicted molar refractivity (Wildman–Crippen MR) is 64.5 cm³/mol. The van der Waals surface area contributed by atoms with Crippen LogP contribution in [0.25, 0.3) is 0 Å². The Bertz CT molecular complexity index is 382. The van der Waals surface area contributed by atoms with Crippen molar-refractivity contribution < 1.29 is 9.47 Å². The lowest BCUT2D eigenvalue weighted by Gasteiger charge is -2.16. The van der Waals surface area contributed by atoms with Crippen molar-refractivity contribution in [2.75, 3.05) is 19.8 Å². The third kappa shape index (κ3) is 2.11. The first kappa shape index (κ1) is 11.6. The van der Waals surface area contributed by atoms with E-state index in [0.29, 0.717) is 30.5 Å². The van der Waals surface area contributed by atoms with E-state index in [1.54, 1.807) is 0 Å². The Kier molecular flexibility index (Phi) is 3.56. The van der Waals surface area contributed by atoms with Gasteiger partial charge in [0.25, 0.3) is 0 Å². The fourth-order valence-electron chi connectivity index (χ4n) is 1.72. The Morgan fingerprint density at radius 3 is 2.88 bits per heavy atom. The highest BCUT2D eigenvalue weighted by Gasteiger charge is 2.19. The zero-order valence-electron chi connectivity index (χ0n) is 9.33. The molecule has 88 valence electrons. The van der Waals surface area contributed by atoms with Gasteiger partial charge < -0.3 is 15.2 Å². The number of ether oxygens (including phenoxy) is 2. The highest BCUT2D eigenvalue weighted by Crippen LogP contribution is 2.41. The first-order valence-corrected chi connectivity index (χ1v) is 5.90. The van der Waals surface area contributed by atoms with E-state index < -0.39 is 0 Å². The molecule has 0 aromatic heterocycles. The summed E-state index contributed by atoms with van der Waals surface area (Å²) in [6, 6.07) is 3.88. The second-order valence-corrected chi connectivity index (χ2v) is 4.36. The lowest BCUT2D eigenvalue weighted by molar-refractivity contribution is 0.297. The van der Waals surface area contributed by atoms with Crippen molar-refractivity contribution in [3.8, 4) is 11.5 Å². The van der Waals surface area contributed by atoms with Crippen molar-refractivity contribution in [3.05, 3.63) is 22.7 Å². The Labute approximate surface area is 100 Å². The van der Waals surface area contributed by atoms with E-state index in [-0.39, 0.29) is 5.92 Å². The number of benzene rings is 1. The number of fused-ring (bicyclic) bond motifs is 1. The van der Waals surface area contributed by atoms with E-state index in [1.165, 1.54) is 0 Å². The Hall–Kier alpha value is -0.930. The van der Waals surface area contributed by atoms with Gasteiger partial charge in [0.15, 0.2) is 11.5 Å². The standard InChI is InChI=1S/C12H16ClNO2/c1-8(7-14)9-3-4-10-12(11(9)13)16-6-2-5-15-10/h3-4,8H,2,5-7,14H2,1H3. The minimum atomic E-state index is 0.227. The quantitative estimate of drug-likeness (QED) is 0.866. The maximum Gasteiger partial charge on any atom is 0.180 e. The van der Waals surface area contributed by atoms with E-state index in [1.807, 2.05) is 19.1 Å². The first-order chi connectivity index (χ1) is 7.74. The molecule has 1 unspecified atom stereocenters. The molecule has 4 heteroatoms. The van der Waals surface area contributed by atoms with Gasteiger partial charge in [-0.05, 0) is 24.1 Å². The van der Waals surface area contributed by atoms with Crippen LogP contribution < -0.4 is 15.2 Å². The molecule has 3 nitrogen and oxygen atoms in total. The Balaban J connectivity index is 2.41. The molecule has 0 saturated heterocycles. The normalized spacial score (nSPS) is 16.7. The van der Waals surface area contributed by atoms with Crippen molar-refractivity contribution in [1.29, 1.82) is 0 Å². The number of hydrogen-bond donors (Lipinski definition) is 1. The monoisotopic (exact) mass is 241 g/mol. The van der Waals surface area contributed by atoms with Crippen LogP contribution in [-0.2, 0) is 0 Å². The van der Waals surface area contributed by atoms with Crippen molar-refractivity contribution in [1.82, 2.24) is 0 Å². The van der Waals surface area contributed by atoms with Gasteiger partial charge in [-0.3, -0.25) is 0 Å². The predicted octanol–water partition coefficient (Wildman–Crippen LogP) is 2.56. The number of halogens is 1. The first-order valence-electron chi connectivity index (χ1n) is 5.52. The minimum Gasteiger partial charge on any atom is -0.490 e. The molecule has 1 aromatic carbocycles. The second-order valence-electron chi connectivity index (χ2n) is 3.98. The molecule has 0 amide bonds. The van der Waals surface area contributed by atoms with Gasteiger partial charge in [-0.2, -0.15) is 0 Å². The average molecular weight is 242 g/mol. The van der Waals surface area contributed by atoms with Crippen LogP contribution in [0, 0.1) is 0 Å². The third-order valence-corrected chi connectivity index (χ3v) is 3.16. The van der Waals surface area contributed by atoms with E-state index in [2.05, 4.69) is 0 Å². The Morgan fingerprint density at radius 1 is 1.38 bits per heavy atom. The fraction of sp³-hybridized carbons (Fsp3) is 0.500. The summed E-state index contributed by atoms with van der Waals surface area (Å²) >= 11 is 6.31. The van der Waals surface area contributed by atoms with E-state index in [9.17, 15) is 0 Å². The van der Waals surface area contributed by atoms with Gasteiger partial charge in [-0.25, -0.2) is 0 Å². The topological polar surface area (TPSA) is 44.5 Å². The maximum absolute atomic E-state index is 6.31. The van der Waals surface area contributed by atoms with Crippen LogP contribution in [0.1, 0.15) is 24.8 Å². The summed E-state index contributed by atoms with van der Waals surface area (Å²) in [7, 11) is 0. The van der Waals surface area contributed by atoms with Gasteiger partial charge in [0, 0.05) is 6.42 Å². The molecule has 1 aliphatic heterocycles. The van der Waals surface area contributed by atoms with Gasteiger partial charge in [0.1, 0.15) is 0 Å². The smallest absolute Gasteiger partial charge is 0.180 e. The minimum absolute atomic E-state index is 0.227. The van der Waals surface area contributed by atoms with E-state index in [4.69, 9.17) is 26.8 Å².